The Morgan fingerprint density at radius 1 is 0.500 bits per heavy atom. The number of hydrogen-bond donors (Lipinski definition) is 0. The van der Waals surface area contributed by atoms with Crippen molar-refractivity contribution >= 4 is 33.3 Å². The van der Waals surface area contributed by atoms with Crippen LogP contribution in [0, 0.1) is 0 Å². The maximum Gasteiger partial charge on any atom is 0.0155 e. The minimum atomic E-state index is 1.25. The summed E-state index contributed by atoms with van der Waals surface area (Å²) >= 11 is 1.82. The first-order valence-corrected chi connectivity index (χ1v) is 10.7. The van der Waals surface area contributed by atoms with Gasteiger partial charge in [0.1, 0.15) is 0 Å². The average molecular weight is 377 g/mol. The third-order valence-corrected chi connectivity index (χ3v) is 6.15. The van der Waals surface area contributed by atoms with Crippen LogP contribution < -0.4 is 0 Å². The summed E-state index contributed by atoms with van der Waals surface area (Å²) in [7, 11) is 0. The molecule has 0 aliphatic rings. The van der Waals surface area contributed by atoms with Crippen LogP contribution in [0.15, 0.2) is 108 Å². The van der Waals surface area contributed by atoms with Crippen LogP contribution in [-0.2, 0) is 0 Å². The van der Waals surface area contributed by atoms with Crippen LogP contribution >= 0.6 is 11.8 Å². The lowest BCUT2D eigenvalue weighted by atomic mass is 9.87. The quantitative estimate of drug-likeness (QED) is 0.287. The number of fused-ring (bicyclic) bond motifs is 2. The predicted molar refractivity (Wildman–Crippen MR) is 124 cm³/mol. The van der Waals surface area contributed by atoms with Crippen LogP contribution in [0.2, 0.25) is 0 Å². The highest BCUT2D eigenvalue weighted by molar-refractivity contribution is 7.98. The standard InChI is InChI=1S/C27H20S/c1-28-25-18-16-21-12-6-8-14-23(21)27(25)26-22-13-7-5-11-20(22)15-17-24(26)19-9-3-2-4-10-19/h2-18H,1H3. The third-order valence-electron chi connectivity index (χ3n) is 5.37. The highest BCUT2D eigenvalue weighted by atomic mass is 32.2. The molecular weight excluding hydrogens is 356 g/mol. The molecule has 134 valence electrons. The maximum absolute atomic E-state index is 2.28. The van der Waals surface area contributed by atoms with Gasteiger partial charge in [0.05, 0.1) is 0 Å². The normalized spacial score (nSPS) is 11.2. The SMILES string of the molecule is CSc1ccc2ccccc2c1-c1c(-c2ccccc2)ccc2ccccc12. The van der Waals surface area contributed by atoms with E-state index in [0.29, 0.717) is 0 Å². The minimum absolute atomic E-state index is 1.25. The Hall–Kier alpha value is -3.03. The molecule has 0 unspecified atom stereocenters. The summed E-state index contributed by atoms with van der Waals surface area (Å²) in [5.41, 5.74) is 5.20. The highest BCUT2D eigenvalue weighted by Gasteiger charge is 2.17. The van der Waals surface area contributed by atoms with Gasteiger partial charge in [0.25, 0.3) is 0 Å². The summed E-state index contributed by atoms with van der Waals surface area (Å²) in [5, 5.41) is 5.16. The van der Waals surface area contributed by atoms with Crippen LogP contribution in [0.4, 0.5) is 0 Å². The van der Waals surface area contributed by atoms with Gasteiger partial charge in [-0.1, -0.05) is 97.1 Å². The molecular formula is C27H20S. The fourth-order valence-corrected chi connectivity index (χ4v) is 4.70. The fraction of sp³-hybridized carbons (Fsp3) is 0.0370. The summed E-state index contributed by atoms with van der Waals surface area (Å²) in [6, 6.07) is 37.2. The van der Waals surface area contributed by atoms with E-state index in [4.69, 9.17) is 0 Å². The van der Waals surface area contributed by atoms with Gasteiger partial charge in [-0.05, 0) is 50.6 Å². The Morgan fingerprint density at radius 2 is 1.07 bits per heavy atom. The summed E-state index contributed by atoms with van der Waals surface area (Å²) < 4.78 is 0. The van der Waals surface area contributed by atoms with Gasteiger partial charge in [0.15, 0.2) is 0 Å². The number of hydrogen-bond acceptors (Lipinski definition) is 1. The molecule has 28 heavy (non-hydrogen) atoms. The molecule has 0 atom stereocenters. The van der Waals surface area contributed by atoms with Crippen LogP contribution in [0.3, 0.4) is 0 Å². The summed E-state index contributed by atoms with van der Waals surface area (Å²) in [5.74, 6) is 0. The Labute approximate surface area is 169 Å². The maximum atomic E-state index is 2.28. The smallest absolute Gasteiger partial charge is 0.0155 e. The van der Waals surface area contributed by atoms with Crippen molar-refractivity contribution in [1.29, 1.82) is 0 Å². The number of rotatable bonds is 3. The monoisotopic (exact) mass is 376 g/mol. The van der Waals surface area contributed by atoms with Gasteiger partial charge in [-0.2, -0.15) is 0 Å². The predicted octanol–water partition coefficient (Wildman–Crippen LogP) is 8.05. The van der Waals surface area contributed by atoms with Crippen LogP contribution in [0.1, 0.15) is 0 Å². The van der Waals surface area contributed by atoms with E-state index in [2.05, 4.69) is 109 Å². The van der Waals surface area contributed by atoms with Crippen molar-refractivity contribution in [2.24, 2.45) is 0 Å². The zero-order valence-corrected chi connectivity index (χ0v) is 16.5. The second kappa shape index (κ2) is 7.18. The molecule has 0 aliphatic heterocycles. The molecule has 0 amide bonds. The molecule has 0 fully saturated rings. The van der Waals surface area contributed by atoms with E-state index in [0.717, 1.165) is 0 Å². The van der Waals surface area contributed by atoms with Crippen molar-refractivity contribution in [2.45, 2.75) is 4.90 Å². The molecule has 0 aliphatic carbocycles. The highest BCUT2D eigenvalue weighted by Crippen LogP contribution is 2.45. The zero-order valence-electron chi connectivity index (χ0n) is 15.7. The summed E-state index contributed by atoms with van der Waals surface area (Å²) in [4.78, 5) is 1.31. The third kappa shape index (κ3) is 2.80. The van der Waals surface area contributed by atoms with Crippen molar-refractivity contribution in [3.8, 4) is 22.3 Å². The lowest BCUT2D eigenvalue weighted by Crippen LogP contribution is -1.92. The van der Waals surface area contributed by atoms with E-state index < -0.39 is 0 Å². The van der Waals surface area contributed by atoms with E-state index >= 15 is 0 Å². The van der Waals surface area contributed by atoms with Crippen molar-refractivity contribution in [2.75, 3.05) is 6.26 Å². The summed E-state index contributed by atoms with van der Waals surface area (Å²) in [6.07, 6.45) is 2.17. The van der Waals surface area contributed by atoms with Gasteiger partial charge in [-0.25, -0.2) is 0 Å². The topological polar surface area (TPSA) is 0 Å². The molecule has 0 saturated heterocycles. The molecule has 1 heteroatoms. The van der Waals surface area contributed by atoms with E-state index in [1.54, 1.807) is 0 Å². The van der Waals surface area contributed by atoms with Gasteiger partial charge in [0.2, 0.25) is 0 Å². The molecule has 0 N–H and O–H groups in total. The molecule has 0 bridgehead atoms. The lowest BCUT2D eigenvalue weighted by Gasteiger charge is -2.18. The Kier molecular flexibility index (Phi) is 4.38. The Morgan fingerprint density at radius 3 is 1.75 bits per heavy atom. The van der Waals surface area contributed by atoms with Gasteiger partial charge < -0.3 is 0 Å². The molecule has 0 spiro atoms. The Bertz CT molecular complexity index is 1290. The van der Waals surface area contributed by atoms with Crippen molar-refractivity contribution in [3.05, 3.63) is 103 Å². The second-order valence-corrected chi connectivity index (χ2v) is 7.79. The van der Waals surface area contributed by atoms with E-state index in [1.165, 1.54) is 48.7 Å². The zero-order chi connectivity index (χ0) is 18.9. The van der Waals surface area contributed by atoms with Gasteiger partial charge >= 0.3 is 0 Å². The first-order chi connectivity index (χ1) is 13.9. The molecule has 5 aromatic rings. The molecule has 0 radical (unpaired) electrons. The molecule has 0 aromatic heterocycles. The van der Waals surface area contributed by atoms with Crippen LogP contribution in [-0.4, -0.2) is 6.26 Å². The molecule has 0 heterocycles. The second-order valence-electron chi connectivity index (χ2n) is 6.94. The van der Waals surface area contributed by atoms with E-state index in [-0.39, 0.29) is 0 Å². The number of thioether (sulfide) groups is 1. The lowest BCUT2D eigenvalue weighted by molar-refractivity contribution is 1.49. The first kappa shape index (κ1) is 17.1. The summed E-state index contributed by atoms with van der Waals surface area (Å²) in [6.45, 7) is 0. The molecule has 5 rings (SSSR count). The first-order valence-electron chi connectivity index (χ1n) is 9.50. The Balaban J connectivity index is 1.98. The van der Waals surface area contributed by atoms with Crippen molar-refractivity contribution in [1.82, 2.24) is 0 Å². The molecule has 0 nitrogen and oxygen atoms in total. The van der Waals surface area contributed by atoms with Crippen molar-refractivity contribution in [3.63, 3.8) is 0 Å². The average Bonchev–Trinajstić information content (AvgIpc) is 2.78. The minimum Gasteiger partial charge on any atom is -0.129 e. The fourth-order valence-electron chi connectivity index (χ4n) is 4.08. The molecule has 0 saturated carbocycles. The molecule has 5 aromatic carbocycles. The van der Waals surface area contributed by atoms with Gasteiger partial charge in [-0.3, -0.25) is 0 Å². The van der Waals surface area contributed by atoms with Crippen LogP contribution in [0.5, 0.6) is 0 Å². The van der Waals surface area contributed by atoms with Crippen LogP contribution in [0.25, 0.3) is 43.8 Å². The van der Waals surface area contributed by atoms with E-state index in [9.17, 15) is 0 Å². The largest absolute Gasteiger partial charge is 0.129 e. The van der Waals surface area contributed by atoms with Gasteiger partial charge in [0, 0.05) is 10.5 Å². The van der Waals surface area contributed by atoms with E-state index in [1.807, 2.05) is 11.8 Å². The number of benzene rings is 5. The van der Waals surface area contributed by atoms with Gasteiger partial charge in [-0.15, -0.1) is 11.8 Å². The van der Waals surface area contributed by atoms with Crippen molar-refractivity contribution < 1.29 is 0 Å².